The van der Waals surface area contributed by atoms with Crippen molar-refractivity contribution in [1.29, 1.82) is 0 Å². The van der Waals surface area contributed by atoms with Crippen LogP contribution in [0, 0.1) is 0 Å². The molecule has 6 heteroatoms. The van der Waals surface area contributed by atoms with Crippen LogP contribution < -0.4 is 14.8 Å². The van der Waals surface area contributed by atoms with E-state index in [4.69, 9.17) is 9.47 Å². The quantitative estimate of drug-likeness (QED) is 0.364. The number of amides is 2. The molecule has 0 radical (unpaired) electrons. The molecule has 3 aromatic carbocycles. The van der Waals surface area contributed by atoms with Crippen LogP contribution in [0.1, 0.15) is 48.2 Å². The molecule has 4 aromatic rings. The first-order chi connectivity index (χ1) is 17.6. The summed E-state index contributed by atoms with van der Waals surface area (Å²) in [4.78, 5) is 15.8. The fraction of sp³-hybridized carbons (Fsp3) is 0.233. The first-order valence-corrected chi connectivity index (χ1v) is 12.4. The summed E-state index contributed by atoms with van der Waals surface area (Å²) in [5.41, 5.74) is 6.26. The van der Waals surface area contributed by atoms with Gasteiger partial charge in [-0.3, -0.25) is 0 Å². The van der Waals surface area contributed by atoms with Crippen molar-refractivity contribution in [2.24, 2.45) is 0 Å². The molecule has 3 heterocycles. The zero-order valence-electron chi connectivity index (χ0n) is 20.5. The van der Waals surface area contributed by atoms with Gasteiger partial charge >= 0.3 is 6.03 Å². The van der Waals surface area contributed by atoms with Gasteiger partial charge in [-0.25, -0.2) is 4.79 Å². The summed E-state index contributed by atoms with van der Waals surface area (Å²) in [5.74, 6) is 1.79. The summed E-state index contributed by atoms with van der Waals surface area (Å²) in [7, 11) is 0. The fourth-order valence-corrected chi connectivity index (χ4v) is 5.07. The monoisotopic (exact) mass is 479 g/mol. The van der Waals surface area contributed by atoms with Crippen molar-refractivity contribution in [2.75, 3.05) is 18.5 Å². The number of ether oxygens (including phenoxy) is 2. The lowest BCUT2D eigenvalue weighted by Crippen LogP contribution is -2.38. The van der Waals surface area contributed by atoms with E-state index < -0.39 is 0 Å². The lowest BCUT2D eigenvalue weighted by molar-refractivity contribution is 0.171. The van der Waals surface area contributed by atoms with Crippen LogP contribution in [0.15, 0.2) is 85.1 Å². The average Bonchev–Trinajstić information content (AvgIpc) is 3.33. The molecule has 0 fully saturated rings. The van der Waals surface area contributed by atoms with Crippen molar-refractivity contribution >= 4 is 11.7 Å². The minimum Gasteiger partial charge on any atom is -0.486 e. The maximum atomic E-state index is 13.9. The van der Waals surface area contributed by atoms with Gasteiger partial charge in [-0.05, 0) is 52.9 Å². The van der Waals surface area contributed by atoms with Gasteiger partial charge in [0.2, 0.25) is 0 Å². The molecule has 2 aliphatic rings. The van der Waals surface area contributed by atoms with Crippen LogP contribution in [0.5, 0.6) is 11.5 Å². The van der Waals surface area contributed by atoms with Crippen molar-refractivity contribution < 1.29 is 14.3 Å². The molecule has 0 spiro atoms. The van der Waals surface area contributed by atoms with Gasteiger partial charge in [0, 0.05) is 23.6 Å². The molecule has 36 heavy (non-hydrogen) atoms. The second kappa shape index (κ2) is 9.11. The van der Waals surface area contributed by atoms with Gasteiger partial charge in [-0.2, -0.15) is 0 Å². The molecule has 0 saturated carbocycles. The molecule has 2 amide bonds. The molecule has 1 N–H and O–H groups in total. The summed E-state index contributed by atoms with van der Waals surface area (Å²) in [6, 6.07) is 26.1. The van der Waals surface area contributed by atoms with Crippen molar-refractivity contribution in [3.05, 3.63) is 107 Å². The molecule has 2 aliphatic heterocycles. The molecule has 0 aliphatic carbocycles. The smallest absolute Gasteiger partial charge is 0.322 e. The number of para-hydroxylation sites is 1. The third kappa shape index (κ3) is 3.98. The number of carbonyl (C=O) groups is 1. The number of nitrogens with zero attached hydrogens (tertiary/aromatic N) is 2. The Labute approximate surface area is 211 Å². The van der Waals surface area contributed by atoms with Crippen molar-refractivity contribution in [3.63, 3.8) is 0 Å². The molecule has 0 bridgehead atoms. The Hall–Kier alpha value is -4.19. The van der Waals surface area contributed by atoms with Crippen molar-refractivity contribution in [2.45, 2.75) is 32.4 Å². The van der Waals surface area contributed by atoms with E-state index in [9.17, 15) is 4.79 Å². The predicted molar refractivity (Wildman–Crippen MR) is 140 cm³/mol. The predicted octanol–water partition coefficient (Wildman–Crippen LogP) is 6.51. The molecule has 0 unspecified atom stereocenters. The van der Waals surface area contributed by atoms with E-state index in [0.29, 0.717) is 42.9 Å². The third-order valence-electron chi connectivity index (χ3n) is 6.94. The number of benzene rings is 3. The van der Waals surface area contributed by atoms with Gasteiger partial charge in [0.25, 0.3) is 0 Å². The summed E-state index contributed by atoms with van der Waals surface area (Å²) < 4.78 is 13.6. The normalized spacial score (nSPS) is 16.2. The zero-order chi connectivity index (χ0) is 24.6. The summed E-state index contributed by atoms with van der Waals surface area (Å²) >= 11 is 0. The average molecular weight is 480 g/mol. The minimum absolute atomic E-state index is 0.172. The van der Waals surface area contributed by atoms with E-state index in [1.54, 1.807) is 0 Å². The van der Waals surface area contributed by atoms with E-state index >= 15 is 0 Å². The molecule has 1 atom stereocenters. The molecular weight excluding hydrogens is 450 g/mol. The van der Waals surface area contributed by atoms with E-state index in [-0.39, 0.29) is 12.1 Å². The van der Waals surface area contributed by atoms with Crippen LogP contribution in [0.2, 0.25) is 0 Å². The molecule has 182 valence electrons. The van der Waals surface area contributed by atoms with E-state index in [0.717, 1.165) is 22.5 Å². The topological polar surface area (TPSA) is 55.7 Å². The highest BCUT2D eigenvalue weighted by Gasteiger charge is 2.33. The van der Waals surface area contributed by atoms with Crippen LogP contribution in [-0.2, 0) is 6.54 Å². The second-order valence-electron chi connectivity index (χ2n) is 9.57. The van der Waals surface area contributed by atoms with Crippen LogP contribution >= 0.6 is 0 Å². The highest BCUT2D eigenvalue weighted by Crippen LogP contribution is 2.38. The maximum Gasteiger partial charge on any atom is 0.322 e. The number of urea groups is 1. The van der Waals surface area contributed by atoms with Crippen LogP contribution in [0.25, 0.3) is 5.69 Å². The first kappa shape index (κ1) is 22.3. The third-order valence-corrected chi connectivity index (χ3v) is 6.94. The number of nitrogens with one attached hydrogen (secondary N) is 1. The largest absolute Gasteiger partial charge is 0.486 e. The summed E-state index contributed by atoms with van der Waals surface area (Å²) in [5, 5.41) is 3.11. The van der Waals surface area contributed by atoms with Crippen LogP contribution in [-0.4, -0.2) is 28.7 Å². The Morgan fingerprint density at radius 1 is 0.917 bits per heavy atom. The highest BCUT2D eigenvalue weighted by molar-refractivity contribution is 5.90. The Balaban J connectivity index is 1.41. The van der Waals surface area contributed by atoms with Gasteiger partial charge in [-0.15, -0.1) is 0 Å². The molecule has 6 nitrogen and oxygen atoms in total. The van der Waals surface area contributed by atoms with E-state index in [2.05, 4.69) is 72.4 Å². The van der Waals surface area contributed by atoms with Gasteiger partial charge in [0.15, 0.2) is 11.5 Å². The van der Waals surface area contributed by atoms with Gasteiger partial charge in [0.1, 0.15) is 13.2 Å². The number of hydrogen-bond acceptors (Lipinski definition) is 3. The number of hydrogen-bond donors (Lipinski definition) is 1. The second-order valence-corrected chi connectivity index (χ2v) is 9.57. The number of aromatic nitrogens is 1. The number of anilines is 1. The van der Waals surface area contributed by atoms with E-state index in [1.807, 2.05) is 41.3 Å². The lowest BCUT2D eigenvalue weighted by Gasteiger charge is -2.31. The highest BCUT2D eigenvalue weighted by atomic mass is 16.6. The Morgan fingerprint density at radius 3 is 2.50 bits per heavy atom. The first-order valence-electron chi connectivity index (χ1n) is 12.4. The lowest BCUT2D eigenvalue weighted by atomic mass is 9.97. The Morgan fingerprint density at radius 2 is 1.69 bits per heavy atom. The SMILES string of the molecule is CC(C)c1ccc([C@@H]2c3cccn3-c3ccccc3CN2C(=O)Nc2ccc3c(c2)OCCO3)cc1. The van der Waals surface area contributed by atoms with Gasteiger partial charge in [-0.1, -0.05) is 56.3 Å². The number of rotatable bonds is 3. The van der Waals surface area contributed by atoms with E-state index in [1.165, 1.54) is 5.56 Å². The summed E-state index contributed by atoms with van der Waals surface area (Å²) in [6.45, 7) is 5.89. The van der Waals surface area contributed by atoms with Gasteiger partial charge < -0.3 is 24.3 Å². The Bertz CT molecular complexity index is 1410. The maximum absolute atomic E-state index is 13.9. The summed E-state index contributed by atoms with van der Waals surface area (Å²) in [6.07, 6.45) is 2.08. The molecule has 0 saturated heterocycles. The van der Waals surface area contributed by atoms with Crippen molar-refractivity contribution in [3.8, 4) is 17.2 Å². The zero-order valence-corrected chi connectivity index (χ0v) is 20.5. The molecular formula is C30H29N3O3. The molecule has 1 aromatic heterocycles. The van der Waals surface area contributed by atoms with Crippen LogP contribution in [0.3, 0.4) is 0 Å². The minimum atomic E-state index is -0.258. The standard InChI is InChI=1S/C30H29N3O3/c1-20(2)21-9-11-22(12-10-21)29-26-8-5-15-32(26)25-7-4-3-6-23(25)19-33(29)30(34)31-24-13-14-27-28(18-24)36-17-16-35-27/h3-15,18,20,29H,16-17,19H2,1-2H3,(H,31,34)/t29-/m1/s1. The number of fused-ring (bicyclic) bond motifs is 4. The fourth-order valence-electron chi connectivity index (χ4n) is 5.07. The molecule has 6 rings (SSSR count). The van der Waals surface area contributed by atoms with Crippen molar-refractivity contribution in [1.82, 2.24) is 9.47 Å². The van der Waals surface area contributed by atoms with Gasteiger partial charge in [0.05, 0.1) is 18.3 Å². The number of carbonyl (C=O) groups excluding carboxylic acids is 1. The van der Waals surface area contributed by atoms with Crippen LogP contribution in [0.4, 0.5) is 10.5 Å². The Kier molecular flexibility index (Phi) is 5.64.